The van der Waals surface area contributed by atoms with Crippen molar-refractivity contribution in [3.8, 4) is 0 Å². The molecule has 0 aromatic heterocycles. The molecule has 2 rings (SSSR count). The minimum atomic E-state index is -3.68. The van der Waals surface area contributed by atoms with Gasteiger partial charge in [-0.15, -0.1) is 0 Å². The van der Waals surface area contributed by atoms with Gasteiger partial charge in [0.1, 0.15) is 5.02 Å². The van der Waals surface area contributed by atoms with Crippen molar-refractivity contribution in [3.05, 3.63) is 68.2 Å². The van der Waals surface area contributed by atoms with Crippen LogP contribution in [-0.2, 0) is 14.8 Å². The highest BCUT2D eigenvalue weighted by atomic mass is 35.5. The molecular weight excluding hydrogens is 442 g/mol. The van der Waals surface area contributed by atoms with Gasteiger partial charge in [-0.25, -0.2) is 8.42 Å². The van der Waals surface area contributed by atoms with E-state index in [4.69, 9.17) is 11.6 Å². The summed E-state index contributed by atoms with van der Waals surface area (Å²) in [7, 11) is -3.68. The molecule has 0 bridgehead atoms. The number of hydrogen-bond acceptors (Lipinski definition) is 5. The third-order valence-electron chi connectivity index (χ3n) is 4.84. The van der Waals surface area contributed by atoms with Gasteiger partial charge in [-0.2, -0.15) is 4.31 Å². The molecule has 0 fully saturated rings. The highest BCUT2D eigenvalue weighted by Crippen LogP contribution is 2.27. The Kier molecular flexibility index (Phi) is 7.94. The number of carbonyl (C=O) groups excluding carboxylic acids is 1. The van der Waals surface area contributed by atoms with Crippen LogP contribution >= 0.6 is 11.6 Å². The summed E-state index contributed by atoms with van der Waals surface area (Å²) >= 11 is 5.79. The predicted molar refractivity (Wildman–Crippen MR) is 122 cm³/mol. The lowest BCUT2D eigenvalue weighted by atomic mass is 10.1. The number of sulfonamides is 1. The van der Waals surface area contributed by atoms with Crippen molar-refractivity contribution < 1.29 is 18.1 Å². The normalized spacial score (nSPS) is 11.8. The maximum Gasteiger partial charge on any atom is 0.288 e. The van der Waals surface area contributed by atoms with E-state index in [1.54, 1.807) is 39.8 Å². The molecule has 1 amide bonds. The topological polar surface area (TPSA) is 110 Å². The summed E-state index contributed by atoms with van der Waals surface area (Å²) in [5, 5.41) is 13.7. The van der Waals surface area contributed by atoms with Crippen LogP contribution in [0, 0.1) is 24.0 Å². The second kappa shape index (κ2) is 10.0. The summed E-state index contributed by atoms with van der Waals surface area (Å²) in [6.45, 7) is 7.75. The molecule has 10 heteroatoms. The highest BCUT2D eigenvalue weighted by molar-refractivity contribution is 7.89. The zero-order valence-corrected chi connectivity index (χ0v) is 19.2. The first-order valence-electron chi connectivity index (χ1n) is 9.55. The van der Waals surface area contributed by atoms with Gasteiger partial charge >= 0.3 is 0 Å². The Hall–Kier alpha value is -2.75. The smallest absolute Gasteiger partial charge is 0.288 e. The van der Waals surface area contributed by atoms with Gasteiger partial charge in [-0.1, -0.05) is 31.5 Å². The van der Waals surface area contributed by atoms with Gasteiger partial charge < -0.3 is 5.32 Å². The zero-order chi connectivity index (χ0) is 23.3. The molecule has 0 saturated carbocycles. The van der Waals surface area contributed by atoms with Crippen molar-refractivity contribution >= 4 is 45.0 Å². The van der Waals surface area contributed by atoms with Crippen LogP contribution in [-0.4, -0.2) is 36.6 Å². The lowest BCUT2D eigenvalue weighted by Gasteiger charge is -2.20. The maximum atomic E-state index is 12.9. The van der Waals surface area contributed by atoms with E-state index >= 15 is 0 Å². The molecular formula is C21H24ClN3O5S. The van der Waals surface area contributed by atoms with Crippen molar-refractivity contribution in [3.63, 3.8) is 0 Å². The number of nitro benzene ring substituents is 1. The van der Waals surface area contributed by atoms with Gasteiger partial charge in [0.15, 0.2) is 0 Å². The van der Waals surface area contributed by atoms with E-state index in [1.165, 1.54) is 34.7 Å². The number of nitrogens with one attached hydrogen (secondary N) is 1. The minimum absolute atomic E-state index is 0.00364. The fraction of sp³-hybridized carbons (Fsp3) is 0.286. The number of rotatable bonds is 8. The van der Waals surface area contributed by atoms with Gasteiger partial charge in [-0.05, 0) is 54.8 Å². The first kappa shape index (κ1) is 24.5. The summed E-state index contributed by atoms with van der Waals surface area (Å²) in [5.74, 6) is -0.502. The van der Waals surface area contributed by atoms with Crippen molar-refractivity contribution in [1.29, 1.82) is 0 Å². The second-order valence-corrected chi connectivity index (χ2v) is 9.14. The molecule has 0 spiro atoms. The van der Waals surface area contributed by atoms with Gasteiger partial charge in [0.2, 0.25) is 15.9 Å². The molecule has 0 radical (unpaired) electrons. The van der Waals surface area contributed by atoms with Crippen molar-refractivity contribution in [2.75, 3.05) is 18.4 Å². The number of hydrogen-bond donors (Lipinski definition) is 1. The van der Waals surface area contributed by atoms with Crippen molar-refractivity contribution in [2.24, 2.45) is 0 Å². The average molecular weight is 466 g/mol. The highest BCUT2D eigenvalue weighted by Gasteiger charge is 2.23. The van der Waals surface area contributed by atoms with E-state index in [1.807, 2.05) is 0 Å². The van der Waals surface area contributed by atoms with Gasteiger partial charge in [0, 0.05) is 30.9 Å². The Morgan fingerprint density at radius 3 is 2.42 bits per heavy atom. The first-order valence-corrected chi connectivity index (χ1v) is 11.4. The Labute approximate surface area is 186 Å². The van der Waals surface area contributed by atoms with Gasteiger partial charge in [0.25, 0.3) is 5.69 Å². The number of nitrogens with zero attached hydrogens (tertiary/aromatic N) is 2. The van der Waals surface area contributed by atoms with E-state index in [0.29, 0.717) is 24.3 Å². The molecule has 0 heterocycles. The molecule has 0 aliphatic rings. The van der Waals surface area contributed by atoms with E-state index in [2.05, 4.69) is 5.32 Å². The summed E-state index contributed by atoms with van der Waals surface area (Å²) in [6, 6.07) is 7.22. The molecule has 0 unspecified atom stereocenters. The van der Waals surface area contributed by atoms with Crippen LogP contribution in [0.15, 0.2) is 41.3 Å². The fourth-order valence-corrected chi connectivity index (χ4v) is 4.69. The average Bonchev–Trinajstić information content (AvgIpc) is 2.71. The minimum Gasteiger partial charge on any atom is -0.322 e. The Balaban J connectivity index is 2.31. The molecule has 8 nitrogen and oxygen atoms in total. The van der Waals surface area contributed by atoms with Crippen molar-refractivity contribution in [1.82, 2.24) is 4.31 Å². The molecule has 31 heavy (non-hydrogen) atoms. The molecule has 0 aliphatic heterocycles. The van der Waals surface area contributed by atoms with E-state index in [-0.39, 0.29) is 15.6 Å². The fourth-order valence-electron chi connectivity index (χ4n) is 2.94. The number of benzene rings is 2. The number of aryl methyl sites for hydroxylation is 1. The number of amides is 1. The summed E-state index contributed by atoms with van der Waals surface area (Å²) < 4.78 is 27.1. The largest absolute Gasteiger partial charge is 0.322 e. The second-order valence-electron chi connectivity index (χ2n) is 6.79. The SMILES string of the molecule is CCN(CC)S(=O)(=O)c1cc(C)c(C)c(NC(=O)/C=C/c2ccc(Cl)c([N+](=O)[O-])c2)c1. The molecule has 0 atom stereocenters. The van der Waals surface area contributed by atoms with Crippen molar-refractivity contribution in [2.45, 2.75) is 32.6 Å². The van der Waals surface area contributed by atoms with Gasteiger partial charge in [-0.3, -0.25) is 14.9 Å². The first-order chi connectivity index (χ1) is 14.5. The van der Waals surface area contributed by atoms with Gasteiger partial charge in [0.05, 0.1) is 9.82 Å². The van der Waals surface area contributed by atoms with Crippen LogP contribution in [0.2, 0.25) is 5.02 Å². The van der Waals surface area contributed by atoms with Crippen LogP contribution in [0.4, 0.5) is 11.4 Å². The van der Waals surface area contributed by atoms with Crippen LogP contribution in [0.1, 0.15) is 30.5 Å². The molecule has 0 saturated heterocycles. The third kappa shape index (κ3) is 5.69. The predicted octanol–water partition coefficient (Wildman–Crippen LogP) is 4.55. The summed E-state index contributed by atoms with van der Waals surface area (Å²) in [5.41, 5.74) is 2.01. The standard InChI is InChI=1S/C21H24ClN3O5S/c1-5-24(6-2)31(29,30)17-11-14(3)15(4)19(13-17)23-21(26)10-8-16-7-9-18(22)20(12-16)25(27)28/h7-13H,5-6H2,1-4H3,(H,23,26)/b10-8+. The third-order valence-corrected chi connectivity index (χ3v) is 7.18. The molecule has 166 valence electrons. The maximum absolute atomic E-state index is 12.9. The van der Waals surface area contributed by atoms with E-state index in [9.17, 15) is 23.3 Å². The molecule has 2 aromatic carbocycles. The van der Waals surface area contributed by atoms with Crippen LogP contribution in [0.3, 0.4) is 0 Å². The molecule has 1 N–H and O–H groups in total. The van der Waals surface area contributed by atoms with Crippen LogP contribution < -0.4 is 5.32 Å². The van der Waals surface area contributed by atoms with E-state index < -0.39 is 20.9 Å². The Bertz CT molecular complexity index is 1140. The Morgan fingerprint density at radius 2 is 1.84 bits per heavy atom. The number of anilines is 1. The molecule has 2 aromatic rings. The summed E-state index contributed by atoms with van der Waals surface area (Å²) in [6.07, 6.45) is 2.63. The summed E-state index contributed by atoms with van der Waals surface area (Å²) in [4.78, 5) is 22.9. The monoisotopic (exact) mass is 465 g/mol. The van der Waals surface area contributed by atoms with Crippen LogP contribution in [0.5, 0.6) is 0 Å². The zero-order valence-electron chi connectivity index (χ0n) is 17.7. The lowest BCUT2D eigenvalue weighted by molar-refractivity contribution is -0.384. The van der Waals surface area contributed by atoms with E-state index in [0.717, 1.165) is 11.1 Å². The Morgan fingerprint density at radius 1 is 1.19 bits per heavy atom. The lowest BCUT2D eigenvalue weighted by Crippen LogP contribution is -2.30. The number of carbonyl (C=O) groups is 1. The molecule has 0 aliphatic carbocycles. The quantitative estimate of drug-likeness (QED) is 0.349. The number of halogens is 1. The number of nitro groups is 1. The van der Waals surface area contributed by atoms with Crippen LogP contribution in [0.25, 0.3) is 6.08 Å².